The lowest BCUT2D eigenvalue weighted by molar-refractivity contribution is -0.147. The van der Waals surface area contributed by atoms with Gasteiger partial charge in [-0.05, 0) is 37.9 Å². The van der Waals surface area contributed by atoms with Crippen LogP contribution in [0, 0.1) is 0 Å². The number of carbonyl (C=O) groups excluding carboxylic acids is 1. The average Bonchev–Trinajstić information content (AvgIpc) is 2.68. The molecule has 8 heteroatoms. The molecule has 98 valence electrons. The minimum absolute atomic E-state index is 0.0365. The van der Waals surface area contributed by atoms with Crippen LogP contribution in [0.25, 0.3) is 0 Å². The van der Waals surface area contributed by atoms with Crippen LogP contribution in [0.1, 0.15) is 9.67 Å². The van der Waals surface area contributed by atoms with E-state index in [0.717, 1.165) is 8.26 Å². The molecule has 1 aliphatic heterocycles. The first-order valence-corrected chi connectivity index (χ1v) is 7.47. The summed E-state index contributed by atoms with van der Waals surface area (Å²) in [7, 11) is 0. The SMILES string of the molecule is O=C(O)C1COCCN1C(=O)c1cc(Br)c(Br)s1. The Morgan fingerprint density at radius 1 is 1.50 bits per heavy atom. The summed E-state index contributed by atoms with van der Waals surface area (Å²) in [6.07, 6.45) is 0. The highest BCUT2D eigenvalue weighted by Gasteiger charge is 2.34. The minimum Gasteiger partial charge on any atom is -0.480 e. The maximum atomic E-state index is 12.3. The normalized spacial score (nSPS) is 19.9. The van der Waals surface area contributed by atoms with E-state index < -0.39 is 12.0 Å². The zero-order valence-electron chi connectivity index (χ0n) is 9.06. The third-order valence-electron chi connectivity index (χ3n) is 2.53. The molecule has 1 aromatic heterocycles. The largest absolute Gasteiger partial charge is 0.480 e. The number of nitrogens with zero attached hydrogens (tertiary/aromatic N) is 1. The number of carbonyl (C=O) groups is 2. The molecule has 1 aromatic rings. The molecular weight excluding hydrogens is 390 g/mol. The van der Waals surface area contributed by atoms with E-state index in [0.29, 0.717) is 18.0 Å². The van der Waals surface area contributed by atoms with Gasteiger partial charge in [0.05, 0.1) is 21.9 Å². The lowest BCUT2D eigenvalue weighted by Gasteiger charge is -2.32. The van der Waals surface area contributed by atoms with Gasteiger partial charge in [0, 0.05) is 11.0 Å². The summed E-state index contributed by atoms with van der Waals surface area (Å²) in [5.41, 5.74) is 0. The van der Waals surface area contributed by atoms with Crippen LogP contribution in [0.2, 0.25) is 0 Å². The molecule has 18 heavy (non-hydrogen) atoms. The highest BCUT2D eigenvalue weighted by Crippen LogP contribution is 2.33. The van der Waals surface area contributed by atoms with E-state index in [1.54, 1.807) is 6.07 Å². The maximum Gasteiger partial charge on any atom is 0.328 e. The van der Waals surface area contributed by atoms with Crippen molar-refractivity contribution in [3.8, 4) is 0 Å². The zero-order valence-corrected chi connectivity index (χ0v) is 13.0. The van der Waals surface area contributed by atoms with E-state index in [4.69, 9.17) is 9.84 Å². The lowest BCUT2D eigenvalue weighted by atomic mass is 10.2. The Labute approximate surface area is 124 Å². The van der Waals surface area contributed by atoms with Crippen LogP contribution in [0.3, 0.4) is 0 Å². The van der Waals surface area contributed by atoms with Crippen LogP contribution in [0.5, 0.6) is 0 Å². The summed E-state index contributed by atoms with van der Waals surface area (Å²) in [5.74, 6) is -1.32. The van der Waals surface area contributed by atoms with Crippen LogP contribution < -0.4 is 0 Å². The summed E-state index contributed by atoms with van der Waals surface area (Å²) in [6, 6.07) is 0.775. The number of ether oxygens (including phenoxy) is 1. The Kier molecular flexibility index (Phi) is 4.41. The number of carboxylic acids is 1. The van der Waals surface area contributed by atoms with E-state index >= 15 is 0 Å². The van der Waals surface area contributed by atoms with Crippen molar-refractivity contribution in [3.05, 3.63) is 19.2 Å². The van der Waals surface area contributed by atoms with Crippen molar-refractivity contribution in [2.75, 3.05) is 19.8 Å². The van der Waals surface area contributed by atoms with Gasteiger partial charge in [0.25, 0.3) is 5.91 Å². The Balaban J connectivity index is 2.23. The summed E-state index contributed by atoms with van der Waals surface area (Å²) < 4.78 is 6.70. The van der Waals surface area contributed by atoms with Crippen molar-refractivity contribution in [1.82, 2.24) is 4.90 Å². The van der Waals surface area contributed by atoms with Crippen LogP contribution in [0.4, 0.5) is 0 Å². The summed E-state index contributed by atoms with van der Waals surface area (Å²) in [5, 5.41) is 9.08. The van der Waals surface area contributed by atoms with Gasteiger partial charge in [0.1, 0.15) is 0 Å². The summed E-state index contributed by atoms with van der Waals surface area (Å²) in [4.78, 5) is 25.2. The van der Waals surface area contributed by atoms with Gasteiger partial charge in [-0.2, -0.15) is 0 Å². The number of hydrogen-bond donors (Lipinski definition) is 1. The molecule has 2 heterocycles. The standard InChI is InChI=1S/C10H9Br2NO4S/c11-5-3-7(18-8(5)12)9(14)13-1-2-17-4-6(13)10(15)16/h3,6H,1-2,4H2,(H,15,16). The van der Waals surface area contributed by atoms with Crippen molar-refractivity contribution in [3.63, 3.8) is 0 Å². The smallest absolute Gasteiger partial charge is 0.328 e. The molecule has 0 radical (unpaired) electrons. The quantitative estimate of drug-likeness (QED) is 0.829. The number of amides is 1. The van der Waals surface area contributed by atoms with E-state index in [1.807, 2.05) is 0 Å². The number of rotatable bonds is 2. The van der Waals surface area contributed by atoms with E-state index in [1.165, 1.54) is 16.2 Å². The second kappa shape index (κ2) is 5.68. The Hall–Kier alpha value is -0.440. The Bertz CT molecular complexity index is 471. The third kappa shape index (κ3) is 2.76. The number of aliphatic carboxylic acids is 1. The van der Waals surface area contributed by atoms with E-state index in [2.05, 4.69) is 31.9 Å². The summed E-state index contributed by atoms with van der Waals surface area (Å²) >= 11 is 7.89. The molecule has 1 N–H and O–H groups in total. The van der Waals surface area contributed by atoms with Crippen molar-refractivity contribution >= 4 is 55.1 Å². The number of hydrogen-bond acceptors (Lipinski definition) is 4. The molecule has 1 amide bonds. The first-order chi connectivity index (χ1) is 8.50. The fraction of sp³-hybridized carbons (Fsp3) is 0.400. The molecule has 2 rings (SSSR count). The number of morpholine rings is 1. The molecule has 0 aliphatic carbocycles. The van der Waals surface area contributed by atoms with Crippen LogP contribution in [0.15, 0.2) is 14.3 Å². The number of thiophene rings is 1. The van der Waals surface area contributed by atoms with Gasteiger partial charge in [-0.1, -0.05) is 0 Å². The summed E-state index contributed by atoms with van der Waals surface area (Å²) in [6.45, 7) is 0.695. The molecule has 0 aromatic carbocycles. The lowest BCUT2D eigenvalue weighted by Crippen LogP contribution is -2.52. The van der Waals surface area contributed by atoms with Gasteiger partial charge >= 0.3 is 5.97 Å². The molecule has 5 nitrogen and oxygen atoms in total. The van der Waals surface area contributed by atoms with Gasteiger partial charge < -0.3 is 14.7 Å². The van der Waals surface area contributed by atoms with Gasteiger partial charge in [-0.3, -0.25) is 4.79 Å². The topological polar surface area (TPSA) is 66.8 Å². The molecule has 0 saturated carbocycles. The predicted molar refractivity (Wildman–Crippen MR) is 73.0 cm³/mol. The third-order valence-corrected chi connectivity index (χ3v) is 5.77. The molecule has 1 unspecified atom stereocenters. The van der Waals surface area contributed by atoms with Crippen LogP contribution in [-0.4, -0.2) is 47.7 Å². The van der Waals surface area contributed by atoms with Crippen molar-refractivity contribution < 1.29 is 19.4 Å². The molecule has 1 fully saturated rings. The second-order valence-electron chi connectivity index (χ2n) is 3.66. The maximum absolute atomic E-state index is 12.3. The van der Waals surface area contributed by atoms with Crippen molar-refractivity contribution in [1.29, 1.82) is 0 Å². The molecule has 1 aliphatic rings. The minimum atomic E-state index is -1.04. The Morgan fingerprint density at radius 3 is 2.78 bits per heavy atom. The molecule has 1 atom stereocenters. The first kappa shape index (κ1) is 14.0. The molecule has 0 bridgehead atoms. The zero-order chi connectivity index (χ0) is 13.3. The highest BCUT2D eigenvalue weighted by molar-refractivity contribution is 9.13. The van der Waals surface area contributed by atoms with Crippen molar-refractivity contribution in [2.45, 2.75) is 6.04 Å². The predicted octanol–water partition coefficient (Wildman–Crippen LogP) is 2.20. The highest BCUT2D eigenvalue weighted by atomic mass is 79.9. The van der Waals surface area contributed by atoms with E-state index in [-0.39, 0.29) is 12.5 Å². The van der Waals surface area contributed by atoms with E-state index in [9.17, 15) is 9.59 Å². The Morgan fingerprint density at radius 2 is 2.22 bits per heavy atom. The monoisotopic (exact) mass is 397 g/mol. The van der Waals surface area contributed by atoms with Crippen LogP contribution >= 0.6 is 43.2 Å². The number of carboxylic acid groups (broad SMARTS) is 1. The second-order valence-corrected chi connectivity index (χ2v) is 6.88. The van der Waals surface area contributed by atoms with Gasteiger partial charge in [0.2, 0.25) is 0 Å². The average molecular weight is 399 g/mol. The van der Waals surface area contributed by atoms with Gasteiger partial charge in [-0.15, -0.1) is 11.3 Å². The van der Waals surface area contributed by atoms with Crippen LogP contribution in [-0.2, 0) is 9.53 Å². The van der Waals surface area contributed by atoms with Crippen molar-refractivity contribution in [2.24, 2.45) is 0 Å². The fourth-order valence-corrected chi connectivity index (χ4v) is 3.64. The van der Waals surface area contributed by atoms with Gasteiger partial charge in [-0.25, -0.2) is 4.79 Å². The number of halogens is 2. The molecule has 0 spiro atoms. The molecule has 1 saturated heterocycles. The fourth-order valence-electron chi connectivity index (χ4n) is 1.64. The first-order valence-electron chi connectivity index (χ1n) is 5.07. The van der Waals surface area contributed by atoms with Gasteiger partial charge in [0.15, 0.2) is 6.04 Å². The molecular formula is C10H9Br2NO4S.